The van der Waals surface area contributed by atoms with E-state index in [2.05, 4.69) is 55.0 Å². The lowest BCUT2D eigenvalue weighted by Gasteiger charge is -2.35. The second-order valence-electron chi connectivity index (χ2n) is 6.21. The molecule has 1 heterocycles. The Morgan fingerprint density at radius 1 is 0.920 bits per heavy atom. The van der Waals surface area contributed by atoms with E-state index < -0.39 is 0 Å². The van der Waals surface area contributed by atoms with E-state index in [1.54, 1.807) is 0 Å². The summed E-state index contributed by atoms with van der Waals surface area (Å²) in [6.07, 6.45) is 0.441. The van der Waals surface area contributed by atoms with Crippen molar-refractivity contribution in [2.45, 2.75) is 13.0 Å². The first kappa shape index (κ1) is 18.9. The second-order valence-corrected chi connectivity index (χ2v) is 8.35. The Kier molecular flexibility index (Phi) is 6.55. The van der Waals surface area contributed by atoms with Crippen LogP contribution in [0.15, 0.2) is 51.4 Å². The highest BCUT2D eigenvalue weighted by Gasteiger charge is 2.21. The van der Waals surface area contributed by atoms with Crippen LogP contribution in [-0.4, -0.2) is 41.9 Å². The van der Waals surface area contributed by atoms with Crippen molar-refractivity contribution in [1.29, 1.82) is 0 Å². The third-order valence-electron chi connectivity index (χ3n) is 4.38. The highest BCUT2D eigenvalue weighted by atomic mass is 79.9. The molecule has 0 spiro atoms. The number of benzene rings is 2. The molecule has 2 aromatic carbocycles. The number of rotatable bonds is 4. The lowest BCUT2D eigenvalue weighted by Crippen LogP contribution is -2.48. The average molecular weight is 487 g/mol. The van der Waals surface area contributed by atoms with E-state index in [1.807, 2.05) is 29.2 Å². The fourth-order valence-electron chi connectivity index (χ4n) is 2.94. The number of carbonyl (C=O) groups is 1. The standard InChI is InChI=1S/C19H19Br2ClN2O/c20-17-6-3-15(11-18(17)21)13-23-7-9-24(10-8-23)19(25)12-14-1-4-16(22)5-2-14/h1-6,11H,7-10,12-13H2. The Morgan fingerprint density at radius 2 is 1.56 bits per heavy atom. The minimum Gasteiger partial charge on any atom is -0.340 e. The fourth-order valence-corrected chi connectivity index (χ4v) is 3.74. The monoisotopic (exact) mass is 484 g/mol. The highest BCUT2D eigenvalue weighted by molar-refractivity contribution is 9.13. The van der Waals surface area contributed by atoms with Gasteiger partial charge < -0.3 is 4.90 Å². The molecule has 0 N–H and O–H groups in total. The van der Waals surface area contributed by atoms with E-state index >= 15 is 0 Å². The van der Waals surface area contributed by atoms with Crippen molar-refractivity contribution in [1.82, 2.24) is 9.80 Å². The molecule has 0 unspecified atom stereocenters. The average Bonchev–Trinajstić information content (AvgIpc) is 2.61. The van der Waals surface area contributed by atoms with Gasteiger partial charge in [0.05, 0.1) is 6.42 Å². The number of amides is 1. The van der Waals surface area contributed by atoms with Gasteiger partial charge in [-0.15, -0.1) is 0 Å². The summed E-state index contributed by atoms with van der Waals surface area (Å²) in [6, 6.07) is 13.8. The third-order valence-corrected chi connectivity index (χ3v) is 6.52. The topological polar surface area (TPSA) is 23.6 Å². The molecule has 6 heteroatoms. The van der Waals surface area contributed by atoms with Gasteiger partial charge in [-0.3, -0.25) is 9.69 Å². The molecule has 0 atom stereocenters. The zero-order chi connectivity index (χ0) is 17.8. The van der Waals surface area contributed by atoms with Crippen molar-refractivity contribution in [3.8, 4) is 0 Å². The maximum Gasteiger partial charge on any atom is 0.227 e. The maximum atomic E-state index is 12.5. The summed E-state index contributed by atoms with van der Waals surface area (Å²) in [5.41, 5.74) is 2.28. The maximum absolute atomic E-state index is 12.5. The lowest BCUT2D eigenvalue weighted by atomic mass is 10.1. The summed E-state index contributed by atoms with van der Waals surface area (Å²) in [5, 5.41) is 0.699. The van der Waals surface area contributed by atoms with Crippen molar-refractivity contribution < 1.29 is 4.79 Å². The molecule has 1 fully saturated rings. The van der Waals surface area contributed by atoms with Crippen molar-refractivity contribution in [3.63, 3.8) is 0 Å². The van der Waals surface area contributed by atoms with Crippen LogP contribution < -0.4 is 0 Å². The normalized spacial score (nSPS) is 15.4. The van der Waals surface area contributed by atoms with Crippen LogP contribution in [0.25, 0.3) is 0 Å². The van der Waals surface area contributed by atoms with Crippen LogP contribution >= 0.6 is 43.5 Å². The van der Waals surface area contributed by atoms with Gasteiger partial charge in [0, 0.05) is 46.7 Å². The molecule has 3 rings (SSSR count). The Bertz CT molecular complexity index is 744. The number of carbonyl (C=O) groups excluding carboxylic acids is 1. The Morgan fingerprint density at radius 3 is 2.20 bits per heavy atom. The predicted molar refractivity (Wildman–Crippen MR) is 109 cm³/mol. The molecule has 1 amide bonds. The van der Waals surface area contributed by atoms with Crippen molar-refractivity contribution in [2.75, 3.05) is 26.2 Å². The molecule has 132 valence electrons. The molecule has 2 aromatic rings. The van der Waals surface area contributed by atoms with E-state index in [0.717, 1.165) is 47.2 Å². The second kappa shape index (κ2) is 8.67. The first-order chi connectivity index (χ1) is 12.0. The number of hydrogen-bond acceptors (Lipinski definition) is 2. The molecule has 3 nitrogen and oxygen atoms in total. The molecule has 0 bridgehead atoms. The largest absolute Gasteiger partial charge is 0.340 e. The number of nitrogens with zero attached hydrogens (tertiary/aromatic N) is 2. The van der Waals surface area contributed by atoms with Gasteiger partial charge in [0.25, 0.3) is 0 Å². The van der Waals surface area contributed by atoms with Gasteiger partial charge in [0.2, 0.25) is 5.91 Å². The third kappa shape index (κ3) is 5.30. The minimum atomic E-state index is 0.188. The number of hydrogen-bond donors (Lipinski definition) is 0. The molecule has 0 aliphatic carbocycles. The van der Waals surface area contributed by atoms with E-state index in [9.17, 15) is 4.79 Å². The van der Waals surface area contributed by atoms with Gasteiger partial charge in [-0.1, -0.05) is 29.8 Å². The highest BCUT2D eigenvalue weighted by Crippen LogP contribution is 2.24. The zero-order valence-electron chi connectivity index (χ0n) is 13.7. The van der Waals surface area contributed by atoms with Crippen LogP contribution in [0, 0.1) is 0 Å². The predicted octanol–water partition coefficient (Wildman–Crippen LogP) is 4.75. The minimum absolute atomic E-state index is 0.188. The quantitative estimate of drug-likeness (QED) is 0.623. The molecular formula is C19H19Br2ClN2O. The van der Waals surface area contributed by atoms with Crippen LogP contribution in [0.3, 0.4) is 0 Å². The SMILES string of the molecule is O=C(Cc1ccc(Cl)cc1)N1CCN(Cc2ccc(Br)c(Br)c2)CC1. The fraction of sp³-hybridized carbons (Fsp3) is 0.316. The van der Waals surface area contributed by atoms with Gasteiger partial charge >= 0.3 is 0 Å². The van der Waals surface area contributed by atoms with Gasteiger partial charge in [0.1, 0.15) is 0 Å². The van der Waals surface area contributed by atoms with E-state index in [0.29, 0.717) is 11.4 Å². The first-order valence-corrected chi connectivity index (χ1v) is 10.2. The summed E-state index contributed by atoms with van der Waals surface area (Å²) in [6.45, 7) is 4.28. The molecule has 1 saturated heterocycles. The summed E-state index contributed by atoms with van der Waals surface area (Å²) in [4.78, 5) is 16.8. The van der Waals surface area contributed by atoms with Crippen LogP contribution in [-0.2, 0) is 17.8 Å². The lowest BCUT2D eigenvalue weighted by molar-refractivity contribution is -0.132. The van der Waals surface area contributed by atoms with Gasteiger partial charge in [-0.05, 0) is 67.3 Å². The number of halogens is 3. The van der Waals surface area contributed by atoms with Crippen LogP contribution in [0.1, 0.15) is 11.1 Å². The molecular weight excluding hydrogens is 467 g/mol. The molecule has 0 radical (unpaired) electrons. The van der Waals surface area contributed by atoms with Crippen molar-refractivity contribution >= 4 is 49.4 Å². The Labute approximate surface area is 170 Å². The smallest absolute Gasteiger partial charge is 0.227 e. The Hall–Kier alpha value is -0.880. The van der Waals surface area contributed by atoms with Crippen LogP contribution in [0.2, 0.25) is 5.02 Å². The van der Waals surface area contributed by atoms with Crippen LogP contribution in [0.5, 0.6) is 0 Å². The van der Waals surface area contributed by atoms with E-state index in [1.165, 1.54) is 5.56 Å². The molecule has 1 aliphatic rings. The van der Waals surface area contributed by atoms with Crippen molar-refractivity contribution in [2.24, 2.45) is 0 Å². The van der Waals surface area contributed by atoms with Gasteiger partial charge in [-0.2, -0.15) is 0 Å². The first-order valence-electron chi connectivity index (χ1n) is 8.20. The molecule has 25 heavy (non-hydrogen) atoms. The zero-order valence-corrected chi connectivity index (χ0v) is 17.6. The number of piperazine rings is 1. The molecule has 1 aliphatic heterocycles. The van der Waals surface area contributed by atoms with E-state index in [-0.39, 0.29) is 5.91 Å². The van der Waals surface area contributed by atoms with Crippen molar-refractivity contribution in [3.05, 3.63) is 67.6 Å². The summed E-state index contributed by atoms with van der Waals surface area (Å²) in [7, 11) is 0. The summed E-state index contributed by atoms with van der Waals surface area (Å²) in [5.74, 6) is 0.188. The Balaban J connectivity index is 1.50. The molecule has 0 aromatic heterocycles. The summed E-state index contributed by atoms with van der Waals surface area (Å²) < 4.78 is 2.13. The summed E-state index contributed by atoms with van der Waals surface area (Å²) >= 11 is 12.9. The van der Waals surface area contributed by atoms with Crippen LogP contribution in [0.4, 0.5) is 0 Å². The molecule has 0 saturated carbocycles. The van der Waals surface area contributed by atoms with E-state index in [4.69, 9.17) is 11.6 Å². The van der Waals surface area contributed by atoms with Gasteiger partial charge in [-0.25, -0.2) is 0 Å². The van der Waals surface area contributed by atoms with Gasteiger partial charge in [0.15, 0.2) is 0 Å².